The van der Waals surface area contributed by atoms with Crippen LogP contribution in [0.5, 0.6) is 0 Å². The molecule has 1 aliphatic rings. The second-order valence-electron chi connectivity index (χ2n) is 6.59. The Kier molecular flexibility index (Phi) is 4.12. The van der Waals surface area contributed by atoms with Crippen molar-refractivity contribution in [3.05, 3.63) is 70.8 Å². The molecule has 1 aliphatic carbocycles. The van der Waals surface area contributed by atoms with Crippen LogP contribution in [-0.2, 0) is 0 Å². The molecule has 1 atom stereocenters. The minimum absolute atomic E-state index is 0.0262. The van der Waals surface area contributed by atoms with E-state index in [2.05, 4.69) is 62.4 Å². The molecule has 0 radical (unpaired) electrons. The predicted molar refractivity (Wildman–Crippen MR) is 89.6 cm³/mol. The van der Waals surface area contributed by atoms with Gasteiger partial charge in [-0.3, -0.25) is 0 Å². The molecule has 1 fully saturated rings. The third kappa shape index (κ3) is 3.03. The molecular formula is C20H25N. The standard InChI is InChI=1S/C20H25N/c1-14(2)15-6-10-18(11-7-15)20(21)19-12-8-17(9-13-19)16-4-3-5-16/h6-14,16,20H,3-5,21H2,1-2H3. The smallest absolute Gasteiger partial charge is 0.0551 e. The summed E-state index contributed by atoms with van der Waals surface area (Å²) >= 11 is 0. The van der Waals surface area contributed by atoms with Crippen LogP contribution in [0.1, 0.15) is 73.2 Å². The Hall–Kier alpha value is -1.60. The molecule has 3 rings (SSSR count). The molecule has 1 nitrogen and oxygen atoms in total. The molecule has 0 spiro atoms. The molecule has 2 aromatic carbocycles. The molecule has 1 heteroatoms. The Morgan fingerprint density at radius 3 is 1.71 bits per heavy atom. The van der Waals surface area contributed by atoms with Crippen LogP contribution in [-0.4, -0.2) is 0 Å². The maximum absolute atomic E-state index is 6.42. The van der Waals surface area contributed by atoms with Crippen molar-refractivity contribution in [2.75, 3.05) is 0 Å². The van der Waals surface area contributed by atoms with Crippen molar-refractivity contribution < 1.29 is 0 Å². The summed E-state index contributed by atoms with van der Waals surface area (Å²) in [6, 6.07) is 17.6. The minimum atomic E-state index is -0.0262. The van der Waals surface area contributed by atoms with Gasteiger partial charge in [0.05, 0.1) is 6.04 Å². The van der Waals surface area contributed by atoms with Gasteiger partial charge >= 0.3 is 0 Å². The van der Waals surface area contributed by atoms with Gasteiger partial charge in [-0.1, -0.05) is 68.8 Å². The summed E-state index contributed by atoms with van der Waals surface area (Å²) in [6.45, 7) is 4.43. The summed E-state index contributed by atoms with van der Waals surface area (Å²) in [5.74, 6) is 1.36. The van der Waals surface area contributed by atoms with Gasteiger partial charge in [-0.05, 0) is 46.9 Å². The zero-order valence-electron chi connectivity index (χ0n) is 13.0. The van der Waals surface area contributed by atoms with E-state index < -0.39 is 0 Å². The zero-order chi connectivity index (χ0) is 14.8. The van der Waals surface area contributed by atoms with E-state index in [9.17, 15) is 0 Å². The summed E-state index contributed by atoms with van der Waals surface area (Å²) in [5.41, 5.74) is 11.7. The summed E-state index contributed by atoms with van der Waals surface area (Å²) in [5, 5.41) is 0. The van der Waals surface area contributed by atoms with E-state index in [0.717, 1.165) is 5.92 Å². The number of nitrogens with two attached hydrogens (primary N) is 1. The fourth-order valence-electron chi connectivity index (χ4n) is 3.00. The SMILES string of the molecule is CC(C)c1ccc(C(N)c2ccc(C3CCC3)cc2)cc1. The highest BCUT2D eigenvalue weighted by Crippen LogP contribution is 2.36. The lowest BCUT2D eigenvalue weighted by Crippen LogP contribution is -2.13. The molecule has 0 amide bonds. The third-order valence-corrected chi connectivity index (χ3v) is 4.83. The van der Waals surface area contributed by atoms with E-state index in [1.807, 2.05) is 0 Å². The molecule has 0 aliphatic heterocycles. The predicted octanol–water partition coefficient (Wildman–Crippen LogP) is 5.13. The minimum Gasteiger partial charge on any atom is -0.320 e. The summed E-state index contributed by atoms with van der Waals surface area (Å²) < 4.78 is 0. The zero-order valence-corrected chi connectivity index (χ0v) is 13.0. The fourth-order valence-corrected chi connectivity index (χ4v) is 3.00. The van der Waals surface area contributed by atoms with Crippen LogP contribution in [0.25, 0.3) is 0 Å². The molecule has 21 heavy (non-hydrogen) atoms. The topological polar surface area (TPSA) is 26.0 Å². The first kappa shape index (κ1) is 14.3. The molecule has 0 heterocycles. The van der Waals surface area contributed by atoms with Gasteiger partial charge in [0.15, 0.2) is 0 Å². The van der Waals surface area contributed by atoms with Gasteiger partial charge in [0.1, 0.15) is 0 Å². The van der Waals surface area contributed by atoms with Gasteiger partial charge in [0.2, 0.25) is 0 Å². The van der Waals surface area contributed by atoms with Gasteiger partial charge in [-0.15, -0.1) is 0 Å². The van der Waals surface area contributed by atoms with Crippen LogP contribution in [0.15, 0.2) is 48.5 Å². The largest absolute Gasteiger partial charge is 0.320 e. The normalized spacial score (nSPS) is 16.8. The Morgan fingerprint density at radius 1 is 0.810 bits per heavy atom. The molecule has 2 aromatic rings. The van der Waals surface area contributed by atoms with E-state index in [-0.39, 0.29) is 6.04 Å². The van der Waals surface area contributed by atoms with Crippen molar-refractivity contribution in [2.24, 2.45) is 5.73 Å². The highest BCUT2D eigenvalue weighted by Gasteiger charge is 2.19. The third-order valence-electron chi connectivity index (χ3n) is 4.83. The quantitative estimate of drug-likeness (QED) is 0.825. The van der Waals surface area contributed by atoms with E-state index in [0.29, 0.717) is 5.92 Å². The molecule has 0 bridgehead atoms. The van der Waals surface area contributed by atoms with Crippen LogP contribution in [0.2, 0.25) is 0 Å². The Balaban J connectivity index is 1.75. The molecular weight excluding hydrogens is 254 g/mol. The monoisotopic (exact) mass is 279 g/mol. The highest BCUT2D eigenvalue weighted by molar-refractivity contribution is 5.36. The number of hydrogen-bond acceptors (Lipinski definition) is 1. The van der Waals surface area contributed by atoms with Crippen LogP contribution >= 0.6 is 0 Å². The van der Waals surface area contributed by atoms with Crippen LogP contribution < -0.4 is 5.73 Å². The van der Waals surface area contributed by atoms with E-state index in [1.165, 1.54) is 41.5 Å². The first-order valence-electron chi connectivity index (χ1n) is 8.10. The van der Waals surface area contributed by atoms with Crippen LogP contribution in [0, 0.1) is 0 Å². The lowest BCUT2D eigenvalue weighted by atomic mass is 9.79. The number of rotatable bonds is 4. The van der Waals surface area contributed by atoms with Gasteiger partial charge in [-0.2, -0.15) is 0 Å². The van der Waals surface area contributed by atoms with Crippen molar-refractivity contribution >= 4 is 0 Å². The maximum Gasteiger partial charge on any atom is 0.0551 e. The van der Waals surface area contributed by atoms with Crippen LogP contribution in [0.4, 0.5) is 0 Å². The summed E-state index contributed by atoms with van der Waals surface area (Å²) in [4.78, 5) is 0. The number of benzene rings is 2. The molecule has 110 valence electrons. The first-order valence-corrected chi connectivity index (χ1v) is 8.10. The highest BCUT2D eigenvalue weighted by atomic mass is 14.6. The molecule has 0 aromatic heterocycles. The Labute approximate surface area is 128 Å². The average molecular weight is 279 g/mol. The number of hydrogen-bond donors (Lipinski definition) is 1. The maximum atomic E-state index is 6.42. The van der Waals surface area contributed by atoms with E-state index in [4.69, 9.17) is 5.73 Å². The summed E-state index contributed by atoms with van der Waals surface area (Å²) in [6.07, 6.45) is 4.08. The van der Waals surface area contributed by atoms with Crippen LogP contribution in [0.3, 0.4) is 0 Å². The fraction of sp³-hybridized carbons (Fsp3) is 0.400. The lowest BCUT2D eigenvalue weighted by Gasteiger charge is -2.26. The molecule has 2 N–H and O–H groups in total. The Bertz CT molecular complexity index is 576. The van der Waals surface area contributed by atoms with Gasteiger partial charge in [0.25, 0.3) is 0 Å². The van der Waals surface area contributed by atoms with Gasteiger partial charge in [-0.25, -0.2) is 0 Å². The molecule has 1 unspecified atom stereocenters. The second kappa shape index (κ2) is 6.03. The second-order valence-corrected chi connectivity index (χ2v) is 6.59. The Morgan fingerprint density at radius 2 is 1.29 bits per heavy atom. The summed E-state index contributed by atoms with van der Waals surface area (Å²) in [7, 11) is 0. The van der Waals surface area contributed by atoms with Crippen molar-refractivity contribution in [3.8, 4) is 0 Å². The van der Waals surface area contributed by atoms with E-state index in [1.54, 1.807) is 0 Å². The average Bonchev–Trinajstić information content (AvgIpc) is 2.46. The van der Waals surface area contributed by atoms with Gasteiger partial charge in [0, 0.05) is 0 Å². The van der Waals surface area contributed by atoms with Crippen molar-refractivity contribution in [3.63, 3.8) is 0 Å². The first-order chi connectivity index (χ1) is 10.1. The van der Waals surface area contributed by atoms with E-state index >= 15 is 0 Å². The van der Waals surface area contributed by atoms with Gasteiger partial charge < -0.3 is 5.73 Å². The van der Waals surface area contributed by atoms with Crippen molar-refractivity contribution in [1.82, 2.24) is 0 Å². The lowest BCUT2D eigenvalue weighted by molar-refractivity contribution is 0.419. The molecule has 0 saturated heterocycles. The van der Waals surface area contributed by atoms with Crippen molar-refractivity contribution in [1.29, 1.82) is 0 Å². The van der Waals surface area contributed by atoms with Crippen molar-refractivity contribution in [2.45, 2.75) is 51.0 Å². The molecule has 1 saturated carbocycles.